The van der Waals surface area contributed by atoms with Gasteiger partial charge in [0.05, 0.1) is 0 Å². The van der Waals surface area contributed by atoms with Crippen LogP contribution in [0.2, 0.25) is 0 Å². The van der Waals surface area contributed by atoms with Crippen LogP contribution in [0.3, 0.4) is 0 Å². The Hall–Kier alpha value is -0.570. The molecule has 0 aliphatic heterocycles. The summed E-state index contributed by atoms with van der Waals surface area (Å²) in [4.78, 5) is 0. The zero-order chi connectivity index (χ0) is 8.78. The van der Waals surface area contributed by atoms with E-state index in [0.29, 0.717) is 0 Å². The molecule has 3 nitrogen and oxygen atoms in total. The summed E-state index contributed by atoms with van der Waals surface area (Å²) in [5, 5.41) is 15.6. The monoisotopic (exact) mass is 147 g/mol. The Bertz CT molecular complexity index is 94.3. The van der Waals surface area contributed by atoms with E-state index in [-0.39, 0.29) is 5.90 Å². The number of nitrogens with one attached hydrogen (secondary N) is 1. The molecule has 0 saturated carbocycles. The molecule has 10 heavy (non-hydrogen) atoms. The summed E-state index contributed by atoms with van der Waals surface area (Å²) in [5.74, 6) is -1.18. The predicted molar refractivity (Wildman–Crippen MR) is 42.1 cm³/mol. The summed E-state index contributed by atoms with van der Waals surface area (Å²) in [7, 11) is 0. The van der Waals surface area contributed by atoms with Gasteiger partial charge < -0.3 is 9.84 Å². The third kappa shape index (κ3) is 15.7. The lowest BCUT2D eigenvalue weighted by Gasteiger charge is -2.17. The zero-order valence-electron chi connectivity index (χ0n) is 7.36. The Morgan fingerprint density at radius 1 is 1.40 bits per heavy atom. The summed E-state index contributed by atoms with van der Waals surface area (Å²) in [5.41, 5.74) is 0. The summed E-state index contributed by atoms with van der Waals surface area (Å²) in [6.07, 6.45) is 0. The molecule has 0 aliphatic carbocycles. The maximum absolute atomic E-state index is 8.82. The van der Waals surface area contributed by atoms with Crippen LogP contribution >= 0.6 is 0 Å². The first-order valence-corrected chi connectivity index (χ1v) is 3.38. The van der Waals surface area contributed by atoms with Crippen molar-refractivity contribution in [2.24, 2.45) is 0 Å². The number of rotatable bonds is 1. The van der Waals surface area contributed by atoms with Gasteiger partial charge in [0.15, 0.2) is 5.90 Å². The molecular formula is C7H17NO2. The molecule has 0 amide bonds. The minimum absolute atomic E-state index is 0.0255. The fourth-order valence-electron chi connectivity index (χ4n) is 0.375. The topological polar surface area (TPSA) is 53.3 Å². The molecule has 0 aliphatic rings. The van der Waals surface area contributed by atoms with Crippen LogP contribution in [0.25, 0.3) is 0 Å². The first-order valence-electron chi connectivity index (χ1n) is 3.38. The molecule has 0 spiro atoms. The predicted octanol–water partition coefficient (Wildman–Crippen LogP) is 1.75. The third-order valence-electron chi connectivity index (χ3n) is 0.403. The Kier molecular flexibility index (Phi) is 6.35. The second-order valence-corrected chi connectivity index (χ2v) is 2.10. The molecule has 62 valence electrons. The van der Waals surface area contributed by atoms with Crippen molar-refractivity contribution in [2.75, 3.05) is 0 Å². The number of hydrogen-bond acceptors (Lipinski definition) is 3. The molecule has 3 heteroatoms. The lowest BCUT2D eigenvalue weighted by atomic mass is 10.4. The average molecular weight is 147 g/mol. The smallest absolute Gasteiger partial charge is 0.203 e. The molecule has 0 unspecified atom stereocenters. The highest BCUT2D eigenvalue weighted by Gasteiger charge is 2.12. The number of ether oxygens (including phenoxy) is 1. The molecule has 0 saturated heterocycles. The van der Waals surface area contributed by atoms with E-state index in [1.165, 1.54) is 20.8 Å². The first kappa shape index (κ1) is 12.1. The Labute approximate surface area is 62.5 Å². The van der Waals surface area contributed by atoms with Gasteiger partial charge >= 0.3 is 0 Å². The van der Waals surface area contributed by atoms with Crippen LogP contribution in [0.15, 0.2) is 0 Å². The average Bonchev–Trinajstić information content (AvgIpc) is 1.64. The van der Waals surface area contributed by atoms with Gasteiger partial charge in [-0.05, 0) is 0 Å². The van der Waals surface area contributed by atoms with Gasteiger partial charge in [0.1, 0.15) is 0 Å². The van der Waals surface area contributed by atoms with Gasteiger partial charge in [-0.3, -0.25) is 5.41 Å². The highest BCUT2D eigenvalue weighted by Crippen LogP contribution is 2.01. The number of aliphatic hydroxyl groups is 1. The molecule has 0 radical (unpaired) electrons. The second kappa shape index (κ2) is 5.23. The van der Waals surface area contributed by atoms with Gasteiger partial charge in [-0.25, -0.2) is 0 Å². The molecule has 0 aromatic carbocycles. The standard InChI is InChI=1S/C5H11NO2.C2H6/c1-4(6)8-5(2,3)7;1-2/h6-7H,1-3H3;1-2H3. The highest BCUT2D eigenvalue weighted by molar-refractivity contribution is 5.69. The quantitative estimate of drug-likeness (QED) is 0.337. The van der Waals surface area contributed by atoms with Crippen LogP contribution in [-0.2, 0) is 4.74 Å². The third-order valence-corrected chi connectivity index (χ3v) is 0.403. The van der Waals surface area contributed by atoms with E-state index in [2.05, 4.69) is 4.74 Å². The summed E-state index contributed by atoms with van der Waals surface area (Å²) >= 11 is 0. The van der Waals surface area contributed by atoms with Crippen LogP contribution < -0.4 is 0 Å². The first-order chi connectivity index (χ1) is 4.42. The van der Waals surface area contributed by atoms with E-state index in [4.69, 9.17) is 10.5 Å². The van der Waals surface area contributed by atoms with Crippen LogP contribution in [0.4, 0.5) is 0 Å². The van der Waals surface area contributed by atoms with Crippen molar-refractivity contribution in [2.45, 2.75) is 40.4 Å². The minimum Gasteiger partial charge on any atom is -0.451 e. The summed E-state index contributed by atoms with van der Waals surface area (Å²) in [6.45, 7) is 8.42. The molecular weight excluding hydrogens is 130 g/mol. The Morgan fingerprint density at radius 2 is 1.70 bits per heavy atom. The van der Waals surface area contributed by atoms with E-state index in [1.807, 2.05) is 13.8 Å². The molecule has 0 bridgehead atoms. The normalized spacial score (nSPS) is 9.40. The molecule has 0 fully saturated rings. The fraction of sp³-hybridized carbons (Fsp3) is 0.857. The van der Waals surface area contributed by atoms with Gasteiger partial charge in [0.25, 0.3) is 0 Å². The second-order valence-electron chi connectivity index (χ2n) is 2.10. The van der Waals surface area contributed by atoms with Crippen LogP contribution in [-0.4, -0.2) is 16.8 Å². The van der Waals surface area contributed by atoms with Crippen LogP contribution in [0.1, 0.15) is 34.6 Å². The van der Waals surface area contributed by atoms with Crippen molar-refractivity contribution >= 4 is 5.90 Å². The van der Waals surface area contributed by atoms with E-state index < -0.39 is 5.79 Å². The number of hydrogen-bond donors (Lipinski definition) is 2. The fourth-order valence-corrected chi connectivity index (χ4v) is 0.375. The maximum atomic E-state index is 8.82. The Morgan fingerprint density at radius 3 is 1.70 bits per heavy atom. The summed E-state index contributed by atoms with van der Waals surface area (Å²) < 4.78 is 4.58. The SMILES string of the molecule is CC.CC(=N)OC(C)(C)O. The van der Waals surface area contributed by atoms with Crippen molar-refractivity contribution < 1.29 is 9.84 Å². The lowest BCUT2D eigenvalue weighted by Crippen LogP contribution is -2.25. The van der Waals surface area contributed by atoms with Crippen molar-refractivity contribution in [3.05, 3.63) is 0 Å². The van der Waals surface area contributed by atoms with Crippen molar-refractivity contribution in [1.82, 2.24) is 0 Å². The summed E-state index contributed by atoms with van der Waals surface area (Å²) in [6, 6.07) is 0. The molecule has 0 atom stereocenters. The van der Waals surface area contributed by atoms with Crippen LogP contribution in [0.5, 0.6) is 0 Å². The highest BCUT2D eigenvalue weighted by atomic mass is 16.6. The molecule has 2 N–H and O–H groups in total. The lowest BCUT2D eigenvalue weighted by molar-refractivity contribution is -0.115. The minimum atomic E-state index is -1.20. The van der Waals surface area contributed by atoms with Gasteiger partial charge in [-0.2, -0.15) is 0 Å². The van der Waals surface area contributed by atoms with E-state index in [9.17, 15) is 0 Å². The van der Waals surface area contributed by atoms with Gasteiger partial charge in [0.2, 0.25) is 5.79 Å². The van der Waals surface area contributed by atoms with E-state index in [0.717, 1.165) is 0 Å². The van der Waals surface area contributed by atoms with Crippen molar-refractivity contribution in [3.8, 4) is 0 Å². The molecule has 0 aromatic rings. The Balaban J connectivity index is 0. The molecule has 0 rings (SSSR count). The van der Waals surface area contributed by atoms with Gasteiger partial charge in [-0.1, -0.05) is 13.8 Å². The maximum Gasteiger partial charge on any atom is 0.203 e. The van der Waals surface area contributed by atoms with E-state index in [1.54, 1.807) is 0 Å². The van der Waals surface area contributed by atoms with Crippen LogP contribution in [0, 0.1) is 5.41 Å². The zero-order valence-corrected chi connectivity index (χ0v) is 7.36. The van der Waals surface area contributed by atoms with E-state index >= 15 is 0 Å². The van der Waals surface area contributed by atoms with Crippen molar-refractivity contribution in [3.63, 3.8) is 0 Å². The molecule has 0 aromatic heterocycles. The van der Waals surface area contributed by atoms with Gasteiger partial charge in [0, 0.05) is 20.8 Å². The van der Waals surface area contributed by atoms with Gasteiger partial charge in [-0.15, -0.1) is 0 Å². The molecule has 0 heterocycles. The van der Waals surface area contributed by atoms with Crippen molar-refractivity contribution in [1.29, 1.82) is 5.41 Å². The largest absolute Gasteiger partial charge is 0.451 e.